The number of halogens is 4. The molecule has 1 aliphatic rings. The fourth-order valence-electron chi connectivity index (χ4n) is 2.61. The van der Waals surface area contributed by atoms with Gasteiger partial charge in [-0.2, -0.15) is 13.2 Å². The van der Waals surface area contributed by atoms with Crippen molar-refractivity contribution in [3.63, 3.8) is 0 Å². The molecule has 0 bridgehead atoms. The van der Waals surface area contributed by atoms with E-state index in [1.165, 1.54) is 17.0 Å². The fraction of sp³-hybridized carbons (Fsp3) is 0.562. The van der Waals surface area contributed by atoms with Crippen LogP contribution in [0.4, 0.5) is 17.6 Å². The molecule has 0 saturated carbocycles. The van der Waals surface area contributed by atoms with Gasteiger partial charge in [0, 0.05) is 31.5 Å². The first-order chi connectivity index (χ1) is 10.8. The van der Waals surface area contributed by atoms with Gasteiger partial charge in [0.25, 0.3) is 0 Å². The standard InChI is InChI=1S/C16H19F4NO2/c17-13-4-1-5-14(9-13)23-11-12-3-2-8-21(10-12)15(22)6-7-16(18,19)20/h1,4-5,9,12H,2-3,6-8,10-11H2/t12-/m1/s1. The number of piperidine rings is 1. The normalized spacial score (nSPS) is 18.8. The molecule has 23 heavy (non-hydrogen) atoms. The number of carbonyl (C=O) groups is 1. The van der Waals surface area contributed by atoms with Crippen LogP contribution >= 0.6 is 0 Å². The Bertz CT molecular complexity index is 533. The SMILES string of the molecule is O=C(CCC(F)(F)F)N1CCC[C@@H](COc2cccc(F)c2)C1. The number of nitrogens with zero attached hydrogens (tertiary/aromatic N) is 1. The maximum Gasteiger partial charge on any atom is 0.389 e. The lowest BCUT2D eigenvalue weighted by Gasteiger charge is -2.32. The van der Waals surface area contributed by atoms with E-state index in [0.717, 1.165) is 12.8 Å². The highest BCUT2D eigenvalue weighted by atomic mass is 19.4. The van der Waals surface area contributed by atoms with Gasteiger partial charge >= 0.3 is 6.18 Å². The summed E-state index contributed by atoms with van der Waals surface area (Å²) < 4.78 is 55.1. The van der Waals surface area contributed by atoms with Crippen LogP contribution in [0.3, 0.4) is 0 Å². The molecule has 0 aliphatic carbocycles. The molecule has 1 saturated heterocycles. The number of amides is 1. The Balaban J connectivity index is 1.80. The molecule has 1 aliphatic heterocycles. The van der Waals surface area contributed by atoms with Crippen molar-refractivity contribution in [2.75, 3.05) is 19.7 Å². The summed E-state index contributed by atoms with van der Waals surface area (Å²) in [4.78, 5) is 13.3. The predicted octanol–water partition coefficient (Wildman–Crippen LogP) is 3.79. The summed E-state index contributed by atoms with van der Waals surface area (Å²) in [7, 11) is 0. The average molecular weight is 333 g/mol. The van der Waals surface area contributed by atoms with Crippen molar-refractivity contribution in [3.05, 3.63) is 30.1 Å². The molecular formula is C16H19F4NO2. The Kier molecular flexibility index (Phi) is 5.85. The number of carbonyl (C=O) groups excluding carboxylic acids is 1. The predicted molar refractivity (Wildman–Crippen MR) is 76.5 cm³/mol. The van der Waals surface area contributed by atoms with Gasteiger partial charge in [-0.25, -0.2) is 4.39 Å². The van der Waals surface area contributed by atoms with E-state index < -0.39 is 30.7 Å². The maximum absolute atomic E-state index is 13.1. The van der Waals surface area contributed by atoms with Crippen molar-refractivity contribution in [2.45, 2.75) is 31.9 Å². The highest BCUT2D eigenvalue weighted by Gasteiger charge is 2.30. The van der Waals surface area contributed by atoms with Gasteiger partial charge in [0.2, 0.25) is 5.91 Å². The smallest absolute Gasteiger partial charge is 0.389 e. The zero-order valence-electron chi connectivity index (χ0n) is 12.6. The third-order valence-electron chi connectivity index (χ3n) is 3.78. The van der Waals surface area contributed by atoms with Gasteiger partial charge in [-0.05, 0) is 25.0 Å². The van der Waals surface area contributed by atoms with E-state index in [9.17, 15) is 22.4 Å². The summed E-state index contributed by atoms with van der Waals surface area (Å²) in [5.41, 5.74) is 0. The Morgan fingerprint density at radius 2 is 2.13 bits per heavy atom. The lowest BCUT2D eigenvalue weighted by Crippen LogP contribution is -2.41. The summed E-state index contributed by atoms with van der Waals surface area (Å²) >= 11 is 0. The molecule has 2 rings (SSSR count). The van der Waals surface area contributed by atoms with E-state index in [1.807, 2.05) is 0 Å². The Morgan fingerprint density at radius 1 is 1.35 bits per heavy atom. The lowest BCUT2D eigenvalue weighted by molar-refractivity contribution is -0.150. The van der Waals surface area contributed by atoms with Crippen molar-refractivity contribution in [2.24, 2.45) is 5.92 Å². The molecule has 0 spiro atoms. The molecule has 1 aromatic rings. The molecule has 1 amide bonds. The molecule has 1 heterocycles. The summed E-state index contributed by atoms with van der Waals surface area (Å²) in [5.74, 6) is -0.416. The van der Waals surface area contributed by atoms with Crippen LogP contribution in [0, 0.1) is 11.7 Å². The first kappa shape index (κ1) is 17.6. The fourth-order valence-corrected chi connectivity index (χ4v) is 2.61. The van der Waals surface area contributed by atoms with Crippen LogP contribution in [-0.2, 0) is 4.79 Å². The van der Waals surface area contributed by atoms with Crippen molar-refractivity contribution < 1.29 is 27.1 Å². The summed E-state index contributed by atoms with van der Waals surface area (Å²) in [6.07, 6.45) is -4.35. The highest BCUT2D eigenvalue weighted by molar-refractivity contribution is 5.76. The number of likely N-dealkylation sites (tertiary alicyclic amines) is 1. The van der Waals surface area contributed by atoms with Gasteiger partial charge in [0.15, 0.2) is 0 Å². The molecule has 0 N–H and O–H groups in total. The van der Waals surface area contributed by atoms with Crippen molar-refractivity contribution in [1.29, 1.82) is 0 Å². The van der Waals surface area contributed by atoms with Crippen LogP contribution in [0.2, 0.25) is 0 Å². The maximum atomic E-state index is 13.1. The highest BCUT2D eigenvalue weighted by Crippen LogP contribution is 2.24. The molecule has 7 heteroatoms. The average Bonchev–Trinajstić information content (AvgIpc) is 2.50. The van der Waals surface area contributed by atoms with Crippen LogP contribution < -0.4 is 4.74 Å². The number of ether oxygens (including phenoxy) is 1. The zero-order chi connectivity index (χ0) is 16.9. The van der Waals surface area contributed by atoms with Gasteiger partial charge in [-0.1, -0.05) is 6.07 Å². The van der Waals surface area contributed by atoms with Crippen molar-refractivity contribution in [3.8, 4) is 5.75 Å². The number of hydrogen-bond acceptors (Lipinski definition) is 2. The Hall–Kier alpha value is -1.79. The molecular weight excluding hydrogens is 314 g/mol. The quantitative estimate of drug-likeness (QED) is 0.768. The minimum Gasteiger partial charge on any atom is -0.493 e. The molecule has 1 fully saturated rings. The third kappa shape index (κ3) is 6.08. The second-order valence-corrected chi connectivity index (χ2v) is 5.73. The third-order valence-corrected chi connectivity index (χ3v) is 3.78. The van der Waals surface area contributed by atoms with Gasteiger partial charge in [0.1, 0.15) is 11.6 Å². The summed E-state index contributed by atoms with van der Waals surface area (Å²) in [5, 5.41) is 0. The molecule has 1 aromatic carbocycles. The van der Waals surface area contributed by atoms with Gasteiger partial charge in [0.05, 0.1) is 13.0 Å². The van der Waals surface area contributed by atoms with Crippen LogP contribution in [0.25, 0.3) is 0 Å². The van der Waals surface area contributed by atoms with Gasteiger partial charge in [-0.15, -0.1) is 0 Å². The molecule has 0 aromatic heterocycles. The number of benzene rings is 1. The number of alkyl halides is 3. The van der Waals surface area contributed by atoms with Crippen molar-refractivity contribution in [1.82, 2.24) is 4.90 Å². The molecule has 1 atom stereocenters. The van der Waals surface area contributed by atoms with Gasteiger partial charge < -0.3 is 9.64 Å². The molecule has 0 unspecified atom stereocenters. The lowest BCUT2D eigenvalue weighted by atomic mass is 9.98. The minimum absolute atomic E-state index is 0.0434. The van der Waals surface area contributed by atoms with Crippen LogP contribution in [0.1, 0.15) is 25.7 Å². The van der Waals surface area contributed by atoms with E-state index in [4.69, 9.17) is 4.74 Å². The monoisotopic (exact) mass is 333 g/mol. The van der Waals surface area contributed by atoms with E-state index in [0.29, 0.717) is 25.4 Å². The molecule has 0 radical (unpaired) electrons. The largest absolute Gasteiger partial charge is 0.493 e. The summed E-state index contributed by atoms with van der Waals surface area (Å²) in [6, 6.07) is 5.76. The van der Waals surface area contributed by atoms with Crippen molar-refractivity contribution >= 4 is 5.91 Å². The van der Waals surface area contributed by atoms with Crippen LogP contribution in [0.5, 0.6) is 5.75 Å². The van der Waals surface area contributed by atoms with E-state index in [2.05, 4.69) is 0 Å². The van der Waals surface area contributed by atoms with Crippen LogP contribution in [-0.4, -0.2) is 36.7 Å². The summed E-state index contributed by atoms with van der Waals surface area (Å²) in [6.45, 7) is 1.17. The number of rotatable bonds is 5. The molecule has 128 valence electrons. The first-order valence-electron chi connectivity index (χ1n) is 7.56. The van der Waals surface area contributed by atoms with Gasteiger partial charge in [-0.3, -0.25) is 4.79 Å². The second-order valence-electron chi connectivity index (χ2n) is 5.73. The minimum atomic E-state index is -4.31. The Labute approximate surface area is 132 Å². The van der Waals surface area contributed by atoms with E-state index >= 15 is 0 Å². The first-order valence-corrected chi connectivity index (χ1v) is 7.56. The van der Waals surface area contributed by atoms with Crippen LogP contribution in [0.15, 0.2) is 24.3 Å². The van der Waals surface area contributed by atoms with E-state index in [1.54, 1.807) is 12.1 Å². The Morgan fingerprint density at radius 3 is 2.83 bits per heavy atom. The zero-order valence-corrected chi connectivity index (χ0v) is 12.6. The number of hydrogen-bond donors (Lipinski definition) is 0. The topological polar surface area (TPSA) is 29.5 Å². The van der Waals surface area contributed by atoms with E-state index in [-0.39, 0.29) is 5.92 Å². The second kappa shape index (κ2) is 7.66. The molecule has 3 nitrogen and oxygen atoms in total.